The third-order valence-corrected chi connectivity index (χ3v) is 3.28. The van der Waals surface area contributed by atoms with Gasteiger partial charge < -0.3 is 9.64 Å². The Balaban J connectivity index is 1.73. The average Bonchev–Trinajstić information content (AvgIpc) is 2.40. The van der Waals surface area contributed by atoms with Crippen LogP contribution >= 0.6 is 0 Å². The quantitative estimate of drug-likeness (QED) is 0.818. The normalized spacial score (nSPS) is 15.5. The van der Waals surface area contributed by atoms with E-state index in [1.807, 2.05) is 36.1 Å². The summed E-state index contributed by atoms with van der Waals surface area (Å²) < 4.78 is 5.60. The lowest BCUT2D eigenvalue weighted by atomic mass is 10.1. The Morgan fingerprint density at radius 1 is 1.28 bits per heavy atom. The SMILES string of the molecule is Cc1cccc(OCCC(=O)N2CCCCC2)c1. The molecule has 98 valence electrons. The Kier molecular flexibility index (Phi) is 4.62. The maximum Gasteiger partial charge on any atom is 0.225 e. The van der Waals surface area contributed by atoms with Crippen LogP contribution in [0.1, 0.15) is 31.2 Å². The van der Waals surface area contributed by atoms with Gasteiger partial charge in [-0.25, -0.2) is 0 Å². The molecule has 0 bridgehead atoms. The Labute approximate surface area is 109 Å². The van der Waals surface area contributed by atoms with Gasteiger partial charge in [0.25, 0.3) is 0 Å². The lowest BCUT2D eigenvalue weighted by molar-refractivity contribution is -0.132. The van der Waals surface area contributed by atoms with Crippen molar-refractivity contribution < 1.29 is 9.53 Å². The molecular weight excluding hydrogens is 226 g/mol. The van der Waals surface area contributed by atoms with Crippen LogP contribution in [0.3, 0.4) is 0 Å². The molecule has 1 saturated heterocycles. The van der Waals surface area contributed by atoms with Crippen molar-refractivity contribution in [1.82, 2.24) is 4.90 Å². The van der Waals surface area contributed by atoms with E-state index in [0.29, 0.717) is 13.0 Å². The zero-order valence-corrected chi connectivity index (χ0v) is 11.0. The van der Waals surface area contributed by atoms with Crippen molar-refractivity contribution in [3.05, 3.63) is 29.8 Å². The standard InChI is InChI=1S/C15H21NO2/c1-13-6-5-7-14(12-13)18-11-8-15(17)16-9-3-2-4-10-16/h5-7,12H,2-4,8-11H2,1H3. The molecule has 1 fully saturated rings. The van der Waals surface area contributed by atoms with Crippen LogP contribution in [0.25, 0.3) is 0 Å². The number of likely N-dealkylation sites (tertiary alicyclic amines) is 1. The smallest absolute Gasteiger partial charge is 0.225 e. The van der Waals surface area contributed by atoms with Crippen LogP contribution in [-0.2, 0) is 4.79 Å². The minimum atomic E-state index is 0.224. The van der Waals surface area contributed by atoms with Crippen molar-refractivity contribution >= 4 is 5.91 Å². The highest BCUT2D eigenvalue weighted by Crippen LogP contribution is 2.13. The molecule has 0 N–H and O–H groups in total. The monoisotopic (exact) mass is 247 g/mol. The lowest BCUT2D eigenvalue weighted by Crippen LogP contribution is -2.36. The zero-order valence-electron chi connectivity index (χ0n) is 11.0. The maximum atomic E-state index is 11.9. The van der Waals surface area contributed by atoms with Gasteiger partial charge in [-0.3, -0.25) is 4.79 Å². The van der Waals surface area contributed by atoms with E-state index in [1.54, 1.807) is 0 Å². The van der Waals surface area contributed by atoms with Crippen LogP contribution in [0.4, 0.5) is 0 Å². The Hall–Kier alpha value is -1.51. The molecule has 1 aliphatic heterocycles. The minimum Gasteiger partial charge on any atom is -0.493 e. The van der Waals surface area contributed by atoms with Gasteiger partial charge in [0, 0.05) is 13.1 Å². The third-order valence-electron chi connectivity index (χ3n) is 3.28. The summed E-state index contributed by atoms with van der Waals surface area (Å²) in [4.78, 5) is 13.9. The van der Waals surface area contributed by atoms with E-state index in [4.69, 9.17) is 4.74 Å². The van der Waals surface area contributed by atoms with E-state index in [-0.39, 0.29) is 5.91 Å². The summed E-state index contributed by atoms with van der Waals surface area (Å²) in [6.07, 6.45) is 4.02. The number of hydrogen-bond acceptors (Lipinski definition) is 2. The van der Waals surface area contributed by atoms with E-state index in [1.165, 1.54) is 12.0 Å². The molecule has 3 heteroatoms. The van der Waals surface area contributed by atoms with Gasteiger partial charge in [0.2, 0.25) is 5.91 Å². The predicted molar refractivity (Wildman–Crippen MR) is 71.7 cm³/mol. The topological polar surface area (TPSA) is 29.5 Å². The number of benzene rings is 1. The number of ether oxygens (including phenoxy) is 1. The largest absolute Gasteiger partial charge is 0.493 e. The van der Waals surface area contributed by atoms with Gasteiger partial charge in [-0.2, -0.15) is 0 Å². The second-order valence-electron chi connectivity index (χ2n) is 4.86. The van der Waals surface area contributed by atoms with Gasteiger partial charge in [-0.15, -0.1) is 0 Å². The number of amides is 1. The van der Waals surface area contributed by atoms with Crippen molar-refractivity contribution in [2.75, 3.05) is 19.7 Å². The second-order valence-corrected chi connectivity index (χ2v) is 4.86. The highest BCUT2D eigenvalue weighted by Gasteiger charge is 2.15. The van der Waals surface area contributed by atoms with E-state index < -0.39 is 0 Å². The summed E-state index contributed by atoms with van der Waals surface area (Å²) in [7, 11) is 0. The molecule has 0 unspecified atom stereocenters. The van der Waals surface area contributed by atoms with Crippen LogP contribution in [-0.4, -0.2) is 30.5 Å². The van der Waals surface area contributed by atoms with E-state index >= 15 is 0 Å². The minimum absolute atomic E-state index is 0.224. The van der Waals surface area contributed by atoms with Crippen LogP contribution in [0.15, 0.2) is 24.3 Å². The van der Waals surface area contributed by atoms with Gasteiger partial charge in [-0.1, -0.05) is 12.1 Å². The van der Waals surface area contributed by atoms with E-state index in [2.05, 4.69) is 0 Å². The molecule has 0 aromatic heterocycles. The first-order valence-electron chi connectivity index (χ1n) is 6.73. The summed E-state index contributed by atoms with van der Waals surface area (Å²) >= 11 is 0. The molecule has 1 heterocycles. The molecule has 3 nitrogen and oxygen atoms in total. The number of carbonyl (C=O) groups is 1. The molecule has 1 aromatic carbocycles. The third kappa shape index (κ3) is 3.76. The Morgan fingerprint density at radius 3 is 2.78 bits per heavy atom. The molecule has 18 heavy (non-hydrogen) atoms. The first-order valence-corrected chi connectivity index (χ1v) is 6.73. The van der Waals surface area contributed by atoms with Gasteiger partial charge in [0.15, 0.2) is 0 Å². The number of rotatable bonds is 4. The summed E-state index contributed by atoms with van der Waals surface area (Å²) in [5.74, 6) is 1.07. The van der Waals surface area contributed by atoms with Crippen molar-refractivity contribution in [1.29, 1.82) is 0 Å². The molecule has 0 atom stereocenters. The van der Waals surface area contributed by atoms with Crippen LogP contribution in [0, 0.1) is 6.92 Å². The van der Waals surface area contributed by atoms with Crippen molar-refractivity contribution in [3.63, 3.8) is 0 Å². The summed E-state index contributed by atoms with van der Waals surface area (Å²) in [6.45, 7) is 4.34. The number of piperidine rings is 1. The van der Waals surface area contributed by atoms with Gasteiger partial charge >= 0.3 is 0 Å². The maximum absolute atomic E-state index is 11.9. The lowest BCUT2D eigenvalue weighted by Gasteiger charge is -2.26. The fourth-order valence-electron chi connectivity index (χ4n) is 2.26. The van der Waals surface area contributed by atoms with Crippen LogP contribution < -0.4 is 4.74 Å². The van der Waals surface area contributed by atoms with Gasteiger partial charge in [0.05, 0.1) is 13.0 Å². The summed E-state index contributed by atoms with van der Waals surface area (Å²) in [5.41, 5.74) is 1.18. The molecule has 1 aliphatic rings. The number of nitrogens with zero attached hydrogens (tertiary/aromatic N) is 1. The molecule has 0 saturated carbocycles. The first-order chi connectivity index (χ1) is 8.75. The second kappa shape index (κ2) is 6.43. The number of carbonyl (C=O) groups excluding carboxylic acids is 1. The van der Waals surface area contributed by atoms with Crippen molar-refractivity contribution in [2.45, 2.75) is 32.6 Å². The van der Waals surface area contributed by atoms with Crippen LogP contribution in [0.2, 0.25) is 0 Å². The van der Waals surface area contributed by atoms with Crippen LogP contribution in [0.5, 0.6) is 5.75 Å². The molecule has 1 aromatic rings. The molecule has 1 amide bonds. The molecule has 0 radical (unpaired) electrons. The highest BCUT2D eigenvalue weighted by atomic mass is 16.5. The Morgan fingerprint density at radius 2 is 2.06 bits per heavy atom. The summed E-state index contributed by atoms with van der Waals surface area (Å²) in [5, 5.41) is 0. The molecule has 2 rings (SSSR count). The molecule has 0 spiro atoms. The number of aryl methyl sites for hydroxylation is 1. The number of hydrogen-bond donors (Lipinski definition) is 0. The van der Waals surface area contributed by atoms with Crippen molar-refractivity contribution in [3.8, 4) is 5.75 Å². The highest BCUT2D eigenvalue weighted by molar-refractivity contribution is 5.76. The van der Waals surface area contributed by atoms with E-state index in [0.717, 1.165) is 31.7 Å². The van der Waals surface area contributed by atoms with Crippen molar-refractivity contribution in [2.24, 2.45) is 0 Å². The fourth-order valence-corrected chi connectivity index (χ4v) is 2.26. The van der Waals surface area contributed by atoms with Gasteiger partial charge in [0.1, 0.15) is 5.75 Å². The molecular formula is C15H21NO2. The fraction of sp³-hybridized carbons (Fsp3) is 0.533. The zero-order chi connectivity index (χ0) is 12.8. The van der Waals surface area contributed by atoms with Gasteiger partial charge in [-0.05, 0) is 43.9 Å². The summed E-state index contributed by atoms with van der Waals surface area (Å²) in [6, 6.07) is 7.92. The Bertz CT molecular complexity index is 397. The predicted octanol–water partition coefficient (Wildman–Crippen LogP) is 2.78. The average molecular weight is 247 g/mol. The van der Waals surface area contributed by atoms with E-state index in [9.17, 15) is 4.79 Å². The first kappa shape index (κ1) is 12.9. The molecule has 0 aliphatic carbocycles.